The van der Waals surface area contributed by atoms with Gasteiger partial charge in [-0.3, -0.25) is 0 Å². The zero-order valence-electron chi connectivity index (χ0n) is 8.93. The molecule has 0 unspecified atom stereocenters. The molecule has 0 amide bonds. The molecule has 0 bridgehead atoms. The van der Waals surface area contributed by atoms with Crippen LogP contribution in [0.1, 0.15) is 6.42 Å². The van der Waals surface area contributed by atoms with E-state index in [-0.39, 0.29) is 5.92 Å². The minimum atomic E-state index is -2.71. The summed E-state index contributed by atoms with van der Waals surface area (Å²) in [4.78, 5) is 0. The van der Waals surface area contributed by atoms with Crippen LogP contribution in [0.5, 0.6) is 5.75 Å². The third kappa shape index (κ3) is 2.66. The number of sulfone groups is 1. The number of rotatable bonds is 4. The molecule has 2 rings (SSSR count). The van der Waals surface area contributed by atoms with Crippen LogP contribution in [-0.2, 0) is 9.84 Å². The van der Waals surface area contributed by atoms with Crippen molar-refractivity contribution in [1.29, 1.82) is 0 Å². The molecule has 1 fully saturated rings. The van der Waals surface area contributed by atoms with Crippen LogP contribution in [0.25, 0.3) is 0 Å². The summed E-state index contributed by atoms with van der Waals surface area (Å²) < 4.78 is 27.3. The summed E-state index contributed by atoms with van der Waals surface area (Å²) in [7, 11) is -2.71. The summed E-state index contributed by atoms with van der Waals surface area (Å²) >= 11 is 0. The second kappa shape index (κ2) is 4.33. The minimum absolute atomic E-state index is 0.259. The molecule has 0 spiro atoms. The molecule has 1 aliphatic rings. The van der Waals surface area contributed by atoms with Crippen molar-refractivity contribution in [1.82, 2.24) is 0 Å². The van der Waals surface area contributed by atoms with Crippen molar-refractivity contribution in [3.63, 3.8) is 0 Å². The molecule has 0 atom stereocenters. The number of nitrogens with two attached hydrogens (primary N) is 1. The van der Waals surface area contributed by atoms with Crippen LogP contribution in [0.3, 0.4) is 0 Å². The van der Waals surface area contributed by atoms with Gasteiger partial charge in [-0.05, 0) is 24.5 Å². The molecule has 0 radical (unpaired) electrons. The summed E-state index contributed by atoms with van der Waals surface area (Å²) in [6, 6.07) is 7.30. The van der Waals surface area contributed by atoms with Gasteiger partial charge in [0.15, 0.2) is 9.84 Å². The van der Waals surface area contributed by atoms with E-state index in [4.69, 9.17) is 10.5 Å². The van der Waals surface area contributed by atoms with Gasteiger partial charge in [0.1, 0.15) is 5.75 Å². The zero-order valence-corrected chi connectivity index (χ0v) is 9.74. The SMILES string of the molecule is Nc1ccccc1OCCC1CS(=O)(=O)C1. The Bertz CT molecular complexity index is 458. The van der Waals surface area contributed by atoms with Crippen LogP contribution >= 0.6 is 0 Å². The fraction of sp³-hybridized carbons (Fsp3) is 0.455. The molecule has 0 aromatic heterocycles. The van der Waals surface area contributed by atoms with E-state index in [1.54, 1.807) is 6.07 Å². The predicted molar refractivity (Wildman–Crippen MR) is 63.1 cm³/mol. The molecule has 0 saturated carbocycles. The number of hydrogen-bond acceptors (Lipinski definition) is 4. The lowest BCUT2D eigenvalue weighted by Crippen LogP contribution is -2.37. The van der Waals surface area contributed by atoms with Crippen molar-refractivity contribution in [2.45, 2.75) is 6.42 Å². The Kier molecular flexibility index (Phi) is 3.05. The van der Waals surface area contributed by atoms with Gasteiger partial charge in [0.25, 0.3) is 0 Å². The van der Waals surface area contributed by atoms with Crippen LogP contribution in [0, 0.1) is 5.92 Å². The number of anilines is 1. The Morgan fingerprint density at radius 2 is 2.00 bits per heavy atom. The lowest BCUT2D eigenvalue weighted by Gasteiger charge is -2.25. The Morgan fingerprint density at radius 3 is 2.62 bits per heavy atom. The van der Waals surface area contributed by atoms with E-state index in [0.717, 1.165) is 6.42 Å². The van der Waals surface area contributed by atoms with Gasteiger partial charge in [0, 0.05) is 0 Å². The number of hydrogen-bond donors (Lipinski definition) is 1. The largest absolute Gasteiger partial charge is 0.491 e. The average molecular weight is 241 g/mol. The van der Waals surface area contributed by atoms with Gasteiger partial charge < -0.3 is 10.5 Å². The van der Waals surface area contributed by atoms with Crippen molar-refractivity contribution in [3.05, 3.63) is 24.3 Å². The Morgan fingerprint density at radius 1 is 1.31 bits per heavy atom. The van der Waals surface area contributed by atoms with Crippen molar-refractivity contribution in [3.8, 4) is 5.75 Å². The van der Waals surface area contributed by atoms with E-state index in [2.05, 4.69) is 0 Å². The van der Waals surface area contributed by atoms with Crippen LogP contribution in [0.4, 0.5) is 5.69 Å². The molecule has 4 nitrogen and oxygen atoms in total. The van der Waals surface area contributed by atoms with E-state index in [1.165, 1.54) is 0 Å². The van der Waals surface area contributed by atoms with Gasteiger partial charge in [-0.1, -0.05) is 12.1 Å². The monoisotopic (exact) mass is 241 g/mol. The average Bonchev–Trinajstić information content (AvgIpc) is 2.18. The molecular formula is C11H15NO3S. The molecule has 88 valence electrons. The first-order valence-corrected chi connectivity index (χ1v) is 7.07. The maximum atomic E-state index is 10.9. The lowest BCUT2D eigenvalue weighted by atomic mass is 10.1. The summed E-state index contributed by atoms with van der Waals surface area (Å²) in [6.07, 6.45) is 0.771. The van der Waals surface area contributed by atoms with E-state index in [1.807, 2.05) is 18.2 Å². The summed E-state index contributed by atoms with van der Waals surface area (Å²) in [5.41, 5.74) is 6.32. The molecule has 1 saturated heterocycles. The van der Waals surface area contributed by atoms with Crippen LogP contribution in [-0.4, -0.2) is 26.5 Å². The number of nitrogen functional groups attached to an aromatic ring is 1. The highest BCUT2D eigenvalue weighted by atomic mass is 32.2. The van der Waals surface area contributed by atoms with Gasteiger partial charge in [-0.2, -0.15) is 0 Å². The van der Waals surface area contributed by atoms with Crippen LogP contribution in [0.15, 0.2) is 24.3 Å². The van der Waals surface area contributed by atoms with Crippen molar-refractivity contribution >= 4 is 15.5 Å². The molecule has 1 aliphatic heterocycles. The third-order valence-corrected chi connectivity index (χ3v) is 4.64. The van der Waals surface area contributed by atoms with Crippen molar-refractivity contribution in [2.24, 2.45) is 5.92 Å². The molecule has 0 aliphatic carbocycles. The van der Waals surface area contributed by atoms with E-state index < -0.39 is 9.84 Å². The maximum Gasteiger partial charge on any atom is 0.150 e. The molecule has 16 heavy (non-hydrogen) atoms. The third-order valence-electron chi connectivity index (χ3n) is 2.68. The second-order valence-electron chi connectivity index (χ2n) is 4.12. The first-order chi connectivity index (χ1) is 7.57. The minimum Gasteiger partial charge on any atom is -0.491 e. The molecule has 2 N–H and O–H groups in total. The predicted octanol–water partition coefficient (Wildman–Crippen LogP) is 1.08. The first kappa shape index (κ1) is 11.3. The first-order valence-electron chi connectivity index (χ1n) is 5.24. The second-order valence-corrected chi connectivity index (χ2v) is 6.27. The maximum absolute atomic E-state index is 10.9. The van der Waals surface area contributed by atoms with Crippen LogP contribution < -0.4 is 10.5 Å². The number of ether oxygens (including phenoxy) is 1. The highest BCUT2D eigenvalue weighted by Gasteiger charge is 2.32. The standard InChI is InChI=1S/C11H15NO3S/c12-10-3-1-2-4-11(10)15-6-5-9-7-16(13,14)8-9/h1-4,9H,5-8,12H2. The quantitative estimate of drug-likeness (QED) is 0.801. The molecule has 5 heteroatoms. The Hall–Kier alpha value is -1.23. The smallest absolute Gasteiger partial charge is 0.150 e. The van der Waals surface area contributed by atoms with E-state index >= 15 is 0 Å². The molecular weight excluding hydrogens is 226 g/mol. The van der Waals surface area contributed by atoms with Crippen molar-refractivity contribution < 1.29 is 13.2 Å². The normalized spacial score (nSPS) is 19.0. The Labute approximate surface area is 95.3 Å². The number of para-hydroxylation sites is 2. The lowest BCUT2D eigenvalue weighted by molar-refractivity contribution is 0.287. The topological polar surface area (TPSA) is 69.4 Å². The van der Waals surface area contributed by atoms with Gasteiger partial charge in [-0.15, -0.1) is 0 Å². The van der Waals surface area contributed by atoms with E-state index in [9.17, 15) is 8.42 Å². The van der Waals surface area contributed by atoms with Gasteiger partial charge in [0.2, 0.25) is 0 Å². The van der Waals surface area contributed by atoms with Gasteiger partial charge in [-0.25, -0.2) is 8.42 Å². The fourth-order valence-electron chi connectivity index (χ4n) is 1.78. The van der Waals surface area contributed by atoms with Crippen molar-refractivity contribution in [2.75, 3.05) is 23.8 Å². The van der Waals surface area contributed by atoms with Gasteiger partial charge >= 0.3 is 0 Å². The summed E-state index contributed by atoms with van der Waals surface area (Å²) in [5.74, 6) is 1.54. The zero-order chi connectivity index (χ0) is 11.6. The number of benzene rings is 1. The highest BCUT2D eigenvalue weighted by Crippen LogP contribution is 2.24. The molecule has 1 heterocycles. The van der Waals surface area contributed by atoms with E-state index in [0.29, 0.717) is 29.5 Å². The summed E-state index contributed by atoms with van der Waals surface area (Å²) in [6.45, 7) is 0.522. The fourth-order valence-corrected chi connectivity index (χ4v) is 3.46. The van der Waals surface area contributed by atoms with Crippen LogP contribution in [0.2, 0.25) is 0 Å². The highest BCUT2D eigenvalue weighted by molar-refractivity contribution is 7.92. The molecule has 1 aromatic carbocycles. The van der Waals surface area contributed by atoms with Gasteiger partial charge in [0.05, 0.1) is 23.8 Å². The molecule has 1 aromatic rings. The summed E-state index contributed by atoms with van der Waals surface area (Å²) in [5, 5.41) is 0. The Balaban J connectivity index is 1.75.